The van der Waals surface area contributed by atoms with E-state index in [4.69, 9.17) is 10.2 Å². The van der Waals surface area contributed by atoms with Crippen LogP contribution < -0.4 is 4.90 Å². The fourth-order valence-electron chi connectivity index (χ4n) is 3.28. The van der Waals surface area contributed by atoms with Crippen LogP contribution in [0.2, 0.25) is 0 Å². The van der Waals surface area contributed by atoms with E-state index in [1.165, 1.54) is 10.3 Å². The van der Waals surface area contributed by atoms with Crippen molar-refractivity contribution in [3.63, 3.8) is 0 Å². The van der Waals surface area contributed by atoms with Crippen molar-refractivity contribution in [1.29, 1.82) is 5.26 Å². The number of fused-ring (bicyclic) bond motifs is 1. The molecular formula is C21H20N4OS. The molecule has 0 saturated carbocycles. The lowest BCUT2D eigenvalue weighted by molar-refractivity contribution is 0.0747. The van der Waals surface area contributed by atoms with Crippen molar-refractivity contribution in [2.24, 2.45) is 0 Å². The summed E-state index contributed by atoms with van der Waals surface area (Å²) >= 11 is 1.72. The maximum absolute atomic E-state index is 12.7. The number of benzene rings is 2. The molecule has 6 heteroatoms. The van der Waals surface area contributed by atoms with Gasteiger partial charge in [0.15, 0.2) is 5.13 Å². The number of amides is 1. The summed E-state index contributed by atoms with van der Waals surface area (Å²) in [6, 6.07) is 15.4. The number of nitrogens with zero attached hydrogens (tertiary/aromatic N) is 4. The summed E-state index contributed by atoms with van der Waals surface area (Å²) in [6.45, 7) is 5.07. The average Bonchev–Trinajstić information content (AvgIpc) is 3.16. The third-order valence-electron chi connectivity index (χ3n) is 4.95. The lowest BCUT2D eigenvalue weighted by Gasteiger charge is -2.34. The van der Waals surface area contributed by atoms with Crippen LogP contribution in [-0.4, -0.2) is 42.0 Å². The average molecular weight is 376 g/mol. The number of hydrogen-bond acceptors (Lipinski definition) is 5. The number of carbonyl (C=O) groups is 1. The standard InChI is InChI=1S/C21H20N4OS/c1-2-15-5-8-18-19(13-15)27-21(23-18)25-11-9-24(10-12-25)20(26)17-6-3-16(14-22)4-7-17/h3-8,13H,2,9-12H2,1H3. The van der Waals surface area contributed by atoms with E-state index in [1.807, 2.05) is 4.90 Å². The van der Waals surface area contributed by atoms with E-state index in [9.17, 15) is 4.79 Å². The summed E-state index contributed by atoms with van der Waals surface area (Å²) < 4.78 is 1.22. The van der Waals surface area contributed by atoms with Crippen molar-refractivity contribution >= 4 is 32.6 Å². The van der Waals surface area contributed by atoms with Crippen molar-refractivity contribution in [2.75, 3.05) is 31.1 Å². The summed E-state index contributed by atoms with van der Waals surface area (Å²) in [5, 5.41) is 9.91. The van der Waals surface area contributed by atoms with E-state index in [0.29, 0.717) is 24.2 Å². The van der Waals surface area contributed by atoms with Gasteiger partial charge in [-0.15, -0.1) is 0 Å². The van der Waals surface area contributed by atoms with Crippen LogP contribution in [0.4, 0.5) is 5.13 Å². The zero-order chi connectivity index (χ0) is 18.8. The summed E-state index contributed by atoms with van der Waals surface area (Å²) in [5.41, 5.74) is 3.58. The summed E-state index contributed by atoms with van der Waals surface area (Å²) in [7, 11) is 0. The SMILES string of the molecule is CCc1ccc2nc(N3CCN(C(=O)c4ccc(C#N)cc4)CC3)sc2c1. The summed E-state index contributed by atoms with van der Waals surface area (Å²) in [5.74, 6) is 0.0241. The minimum absolute atomic E-state index is 0.0241. The Morgan fingerprint density at radius 3 is 2.56 bits per heavy atom. The Bertz CT molecular complexity index is 1010. The highest BCUT2D eigenvalue weighted by atomic mass is 32.1. The van der Waals surface area contributed by atoms with Gasteiger partial charge in [-0.2, -0.15) is 5.26 Å². The Labute approximate surface area is 162 Å². The third kappa shape index (κ3) is 3.51. The second-order valence-electron chi connectivity index (χ2n) is 6.62. The quantitative estimate of drug-likeness (QED) is 0.699. The predicted molar refractivity (Wildman–Crippen MR) is 108 cm³/mol. The van der Waals surface area contributed by atoms with Gasteiger partial charge in [-0.1, -0.05) is 24.3 Å². The second-order valence-corrected chi connectivity index (χ2v) is 7.63. The fraction of sp³-hybridized carbons (Fsp3) is 0.286. The van der Waals surface area contributed by atoms with Crippen LogP contribution in [0.25, 0.3) is 10.2 Å². The molecule has 0 bridgehead atoms. The minimum Gasteiger partial charge on any atom is -0.345 e. The van der Waals surface area contributed by atoms with Crippen molar-refractivity contribution in [1.82, 2.24) is 9.88 Å². The highest BCUT2D eigenvalue weighted by molar-refractivity contribution is 7.22. The number of nitriles is 1. The zero-order valence-corrected chi connectivity index (χ0v) is 16.0. The first-order valence-electron chi connectivity index (χ1n) is 9.12. The van der Waals surface area contributed by atoms with Crippen LogP contribution >= 0.6 is 11.3 Å². The van der Waals surface area contributed by atoms with Crippen molar-refractivity contribution < 1.29 is 4.79 Å². The van der Waals surface area contributed by atoms with Crippen molar-refractivity contribution in [2.45, 2.75) is 13.3 Å². The molecule has 4 rings (SSSR count). The maximum Gasteiger partial charge on any atom is 0.253 e. The van der Waals surface area contributed by atoms with E-state index >= 15 is 0 Å². The van der Waals surface area contributed by atoms with E-state index < -0.39 is 0 Å². The Morgan fingerprint density at radius 1 is 1.15 bits per heavy atom. The first-order chi connectivity index (χ1) is 13.2. The third-order valence-corrected chi connectivity index (χ3v) is 6.03. The molecule has 1 fully saturated rings. The molecule has 1 aliphatic rings. The second kappa shape index (κ2) is 7.37. The Kier molecular flexibility index (Phi) is 4.78. The molecule has 1 aliphatic heterocycles. The Balaban J connectivity index is 1.43. The number of aromatic nitrogens is 1. The molecule has 136 valence electrons. The number of carbonyl (C=O) groups excluding carboxylic acids is 1. The lowest BCUT2D eigenvalue weighted by Crippen LogP contribution is -2.48. The molecule has 2 heterocycles. The van der Waals surface area contributed by atoms with Crippen LogP contribution in [0.1, 0.15) is 28.4 Å². The number of anilines is 1. The van der Waals surface area contributed by atoms with Crippen LogP contribution in [0, 0.1) is 11.3 Å². The van der Waals surface area contributed by atoms with E-state index in [1.54, 1.807) is 35.6 Å². The minimum atomic E-state index is 0.0241. The van der Waals surface area contributed by atoms with Gasteiger partial charge in [0, 0.05) is 31.7 Å². The number of rotatable bonds is 3. The molecule has 0 atom stereocenters. The first kappa shape index (κ1) is 17.5. The number of piperazine rings is 1. The van der Waals surface area contributed by atoms with Gasteiger partial charge >= 0.3 is 0 Å². The van der Waals surface area contributed by atoms with Crippen LogP contribution in [0.15, 0.2) is 42.5 Å². The molecule has 0 N–H and O–H groups in total. The highest BCUT2D eigenvalue weighted by Gasteiger charge is 2.24. The molecule has 3 aromatic rings. The molecule has 2 aromatic carbocycles. The largest absolute Gasteiger partial charge is 0.345 e. The summed E-state index contributed by atoms with van der Waals surface area (Å²) in [6.07, 6.45) is 1.03. The normalized spacial score (nSPS) is 14.4. The summed E-state index contributed by atoms with van der Waals surface area (Å²) in [4.78, 5) is 21.6. The molecular weight excluding hydrogens is 356 g/mol. The van der Waals surface area contributed by atoms with Gasteiger partial charge in [0.25, 0.3) is 5.91 Å². The van der Waals surface area contributed by atoms with Gasteiger partial charge in [0.05, 0.1) is 21.8 Å². The van der Waals surface area contributed by atoms with Crippen LogP contribution in [0.3, 0.4) is 0 Å². The molecule has 0 aliphatic carbocycles. The number of thiazole rings is 1. The molecule has 0 unspecified atom stereocenters. The van der Waals surface area contributed by atoms with Gasteiger partial charge in [-0.25, -0.2) is 4.98 Å². The maximum atomic E-state index is 12.7. The van der Waals surface area contributed by atoms with E-state index in [0.717, 1.165) is 30.2 Å². The molecule has 1 amide bonds. The molecule has 0 radical (unpaired) electrons. The Morgan fingerprint density at radius 2 is 1.89 bits per heavy atom. The Hall–Kier alpha value is -2.91. The van der Waals surface area contributed by atoms with Gasteiger partial charge < -0.3 is 9.80 Å². The van der Waals surface area contributed by atoms with Gasteiger partial charge in [0.2, 0.25) is 0 Å². The molecule has 5 nitrogen and oxygen atoms in total. The lowest BCUT2D eigenvalue weighted by atomic mass is 10.1. The smallest absolute Gasteiger partial charge is 0.253 e. The molecule has 0 spiro atoms. The number of hydrogen-bond donors (Lipinski definition) is 0. The van der Waals surface area contributed by atoms with Gasteiger partial charge in [0.1, 0.15) is 0 Å². The number of aryl methyl sites for hydroxylation is 1. The van der Waals surface area contributed by atoms with Gasteiger partial charge in [-0.3, -0.25) is 4.79 Å². The topological polar surface area (TPSA) is 60.2 Å². The molecule has 1 saturated heterocycles. The van der Waals surface area contributed by atoms with Crippen LogP contribution in [-0.2, 0) is 6.42 Å². The first-order valence-corrected chi connectivity index (χ1v) is 9.93. The molecule has 27 heavy (non-hydrogen) atoms. The monoisotopic (exact) mass is 376 g/mol. The zero-order valence-electron chi connectivity index (χ0n) is 15.2. The predicted octanol–water partition coefficient (Wildman–Crippen LogP) is 3.69. The van der Waals surface area contributed by atoms with E-state index in [2.05, 4.69) is 36.1 Å². The van der Waals surface area contributed by atoms with Crippen molar-refractivity contribution in [3.8, 4) is 6.07 Å². The van der Waals surface area contributed by atoms with Crippen LogP contribution in [0.5, 0.6) is 0 Å². The van der Waals surface area contributed by atoms with E-state index in [-0.39, 0.29) is 5.91 Å². The fourth-order valence-corrected chi connectivity index (χ4v) is 4.36. The highest BCUT2D eigenvalue weighted by Crippen LogP contribution is 2.30. The van der Waals surface area contributed by atoms with Gasteiger partial charge in [-0.05, 0) is 48.4 Å². The molecule has 1 aromatic heterocycles. The van der Waals surface area contributed by atoms with Crippen molar-refractivity contribution in [3.05, 3.63) is 59.2 Å².